The van der Waals surface area contributed by atoms with Crippen LogP contribution in [0.4, 0.5) is 11.4 Å². The summed E-state index contributed by atoms with van der Waals surface area (Å²) in [6.45, 7) is 3.85. The lowest BCUT2D eigenvalue weighted by atomic mass is 9.98. The molecule has 1 saturated heterocycles. The number of nitrogens with one attached hydrogen (secondary N) is 1. The number of nitrogens with zero attached hydrogens (tertiary/aromatic N) is 4. The zero-order valence-corrected chi connectivity index (χ0v) is 23.0. The van der Waals surface area contributed by atoms with Crippen molar-refractivity contribution in [1.29, 1.82) is 0 Å². The first-order valence-electron chi connectivity index (χ1n) is 13.4. The average molecular weight is 556 g/mol. The van der Waals surface area contributed by atoms with Crippen molar-refractivity contribution in [3.63, 3.8) is 0 Å². The highest BCUT2D eigenvalue weighted by molar-refractivity contribution is 6.22. The number of aromatic hydroxyl groups is 1. The van der Waals surface area contributed by atoms with Gasteiger partial charge in [-0.05, 0) is 55.1 Å². The number of carbonyl (C=O) groups excluding carboxylic acids is 1. The number of aromatic carboxylic acids is 1. The number of hydrogen-bond acceptors (Lipinski definition) is 7. The minimum atomic E-state index is -1.08. The Labute approximate surface area is 237 Å². The number of amides is 1. The lowest BCUT2D eigenvalue weighted by molar-refractivity contribution is -0.119. The van der Waals surface area contributed by atoms with E-state index in [1.54, 1.807) is 54.4 Å². The summed E-state index contributed by atoms with van der Waals surface area (Å²) < 4.78 is 0. The van der Waals surface area contributed by atoms with Crippen molar-refractivity contribution in [3.05, 3.63) is 89.0 Å². The molecule has 5 rings (SSSR count). The number of rotatable bonds is 8. The molecule has 4 aromatic rings. The van der Waals surface area contributed by atoms with E-state index in [9.17, 15) is 24.9 Å². The molecule has 4 N–H and O–H groups in total. The fourth-order valence-corrected chi connectivity index (χ4v) is 4.91. The van der Waals surface area contributed by atoms with Crippen molar-refractivity contribution in [2.24, 2.45) is 4.99 Å². The van der Waals surface area contributed by atoms with Gasteiger partial charge >= 0.3 is 5.97 Å². The van der Waals surface area contributed by atoms with Crippen molar-refractivity contribution in [1.82, 2.24) is 14.8 Å². The van der Waals surface area contributed by atoms with Gasteiger partial charge < -0.3 is 30.1 Å². The van der Waals surface area contributed by atoms with Crippen molar-refractivity contribution in [3.8, 4) is 5.88 Å². The van der Waals surface area contributed by atoms with Gasteiger partial charge in [-0.25, -0.2) is 9.79 Å². The minimum Gasteiger partial charge on any atom is -0.494 e. The largest absolute Gasteiger partial charge is 0.494 e. The first-order chi connectivity index (χ1) is 19.7. The lowest BCUT2D eigenvalue weighted by Gasteiger charge is -2.32. The maximum absolute atomic E-state index is 12.9. The second-order valence-corrected chi connectivity index (χ2v) is 10.3. The first-order valence-corrected chi connectivity index (χ1v) is 13.4. The maximum atomic E-state index is 12.9. The predicted octanol–water partition coefficient (Wildman–Crippen LogP) is 3.44. The van der Waals surface area contributed by atoms with Gasteiger partial charge in [-0.15, -0.1) is 0 Å². The van der Waals surface area contributed by atoms with E-state index in [2.05, 4.69) is 21.8 Å². The second-order valence-electron chi connectivity index (χ2n) is 10.3. The van der Waals surface area contributed by atoms with E-state index in [0.717, 1.165) is 37.4 Å². The van der Waals surface area contributed by atoms with Gasteiger partial charge in [0.15, 0.2) is 5.88 Å². The third kappa shape index (κ3) is 6.14. The fraction of sp³-hybridized carbons (Fsp3) is 0.258. The van der Waals surface area contributed by atoms with Gasteiger partial charge in [0.25, 0.3) is 0 Å². The summed E-state index contributed by atoms with van der Waals surface area (Å²) in [5.41, 5.74) is 4.15. The van der Waals surface area contributed by atoms with E-state index < -0.39 is 5.97 Å². The quantitative estimate of drug-likeness (QED) is 0.245. The number of benzene rings is 3. The molecule has 0 atom stereocenters. The van der Waals surface area contributed by atoms with Crippen LogP contribution in [0.3, 0.4) is 0 Å². The van der Waals surface area contributed by atoms with Crippen LogP contribution in [0.25, 0.3) is 10.9 Å². The number of fused-ring (bicyclic) bond motifs is 1. The smallest absolute Gasteiger partial charge is 0.335 e. The van der Waals surface area contributed by atoms with Crippen LogP contribution < -0.4 is 4.90 Å². The van der Waals surface area contributed by atoms with E-state index in [4.69, 9.17) is 4.99 Å². The Hall–Kier alpha value is -4.51. The molecule has 1 aliphatic rings. The van der Waals surface area contributed by atoms with Crippen LogP contribution in [-0.4, -0.2) is 94.5 Å². The number of H-pyrrole nitrogens is 1. The zero-order chi connectivity index (χ0) is 29.1. The van der Waals surface area contributed by atoms with Gasteiger partial charge in [0, 0.05) is 55.4 Å². The van der Waals surface area contributed by atoms with Gasteiger partial charge in [0.05, 0.1) is 35.7 Å². The highest BCUT2D eigenvalue weighted by Gasteiger charge is 2.21. The van der Waals surface area contributed by atoms with Crippen LogP contribution in [0.5, 0.6) is 5.88 Å². The van der Waals surface area contributed by atoms with Crippen molar-refractivity contribution >= 4 is 39.9 Å². The van der Waals surface area contributed by atoms with E-state index in [-0.39, 0.29) is 24.0 Å². The molecule has 212 valence electrons. The van der Waals surface area contributed by atoms with Gasteiger partial charge in [0.2, 0.25) is 5.91 Å². The number of aromatic amines is 1. The summed E-state index contributed by atoms with van der Waals surface area (Å²) in [7, 11) is 3.84. The molecule has 0 saturated carbocycles. The summed E-state index contributed by atoms with van der Waals surface area (Å²) >= 11 is 0. The molecule has 0 aliphatic carbocycles. The number of carbonyl (C=O) groups is 2. The van der Waals surface area contributed by atoms with E-state index in [1.165, 1.54) is 12.1 Å². The Bertz CT molecular complexity index is 1590. The number of piperazine rings is 1. The molecule has 0 radical (unpaired) electrons. The Kier molecular flexibility index (Phi) is 8.16. The monoisotopic (exact) mass is 555 g/mol. The van der Waals surface area contributed by atoms with Crippen molar-refractivity contribution in [2.75, 3.05) is 51.7 Å². The van der Waals surface area contributed by atoms with Crippen LogP contribution in [0.2, 0.25) is 0 Å². The van der Waals surface area contributed by atoms with Crippen LogP contribution >= 0.6 is 0 Å². The number of aliphatic hydroxyl groups is 1. The molecule has 10 nitrogen and oxygen atoms in total. The van der Waals surface area contributed by atoms with E-state index in [0.29, 0.717) is 40.0 Å². The summed E-state index contributed by atoms with van der Waals surface area (Å²) in [6, 6.07) is 19.0. The Morgan fingerprint density at radius 2 is 1.61 bits per heavy atom. The molecule has 2 heterocycles. The summed E-state index contributed by atoms with van der Waals surface area (Å²) in [5, 5.41) is 30.5. The molecule has 3 aromatic carbocycles. The Morgan fingerprint density at radius 3 is 2.24 bits per heavy atom. The third-order valence-corrected chi connectivity index (χ3v) is 7.48. The summed E-state index contributed by atoms with van der Waals surface area (Å²) in [5.74, 6) is -1.21. The second kappa shape index (κ2) is 11.9. The zero-order valence-electron chi connectivity index (χ0n) is 23.0. The summed E-state index contributed by atoms with van der Waals surface area (Å²) in [6.07, 6.45) is 0. The fourth-order valence-electron chi connectivity index (χ4n) is 4.91. The number of aromatic nitrogens is 1. The highest BCUT2D eigenvalue weighted by atomic mass is 16.4. The lowest BCUT2D eigenvalue weighted by Crippen LogP contribution is -2.48. The number of carboxylic acid groups (broad SMARTS) is 1. The molecular weight excluding hydrogens is 522 g/mol. The number of aliphatic hydroxyl groups excluding tert-OH is 1. The number of anilines is 1. The van der Waals surface area contributed by atoms with Gasteiger partial charge in [-0.3, -0.25) is 9.69 Å². The molecule has 1 aromatic heterocycles. The van der Waals surface area contributed by atoms with Gasteiger partial charge in [-0.2, -0.15) is 0 Å². The first kappa shape index (κ1) is 28.0. The van der Waals surface area contributed by atoms with Crippen molar-refractivity contribution < 1.29 is 24.9 Å². The number of carboxylic acids is 1. The molecule has 10 heteroatoms. The van der Waals surface area contributed by atoms with Crippen LogP contribution in [0, 0.1) is 0 Å². The van der Waals surface area contributed by atoms with Crippen LogP contribution in [0.15, 0.2) is 71.7 Å². The van der Waals surface area contributed by atoms with Gasteiger partial charge in [0.1, 0.15) is 0 Å². The topological polar surface area (TPSA) is 133 Å². The third-order valence-electron chi connectivity index (χ3n) is 7.48. The van der Waals surface area contributed by atoms with E-state index in [1.807, 2.05) is 12.1 Å². The summed E-state index contributed by atoms with van der Waals surface area (Å²) in [4.78, 5) is 38.4. The normalized spacial score (nSPS) is 14.9. The van der Waals surface area contributed by atoms with Gasteiger partial charge in [-0.1, -0.05) is 24.3 Å². The van der Waals surface area contributed by atoms with E-state index >= 15 is 0 Å². The molecule has 1 amide bonds. The molecule has 0 bridgehead atoms. The molecule has 0 unspecified atom stereocenters. The number of likely N-dealkylation sites (N-methyl/N-ethyl adjacent to an activating group) is 2. The Morgan fingerprint density at radius 1 is 0.951 bits per heavy atom. The highest BCUT2D eigenvalue weighted by Crippen LogP contribution is 2.33. The molecule has 41 heavy (non-hydrogen) atoms. The number of hydrogen-bond donors (Lipinski definition) is 4. The Balaban J connectivity index is 1.48. The molecule has 1 fully saturated rings. The number of aliphatic imine (C=N–C) groups is 1. The SMILES string of the molecule is CN1CCN(CC(=O)N(C)c2ccc(N=C(c3ccc(CO)cc3)c3c(O)[nH]c4ccc(C(=O)O)cc34)cc2)CC1. The van der Waals surface area contributed by atoms with Crippen molar-refractivity contribution in [2.45, 2.75) is 6.61 Å². The molecular formula is C31H33N5O5. The van der Waals surface area contributed by atoms with Crippen LogP contribution in [0.1, 0.15) is 27.0 Å². The molecule has 0 spiro atoms. The molecule has 1 aliphatic heterocycles. The van der Waals surface area contributed by atoms with Crippen LogP contribution in [-0.2, 0) is 11.4 Å². The predicted molar refractivity (Wildman–Crippen MR) is 158 cm³/mol. The average Bonchev–Trinajstić information content (AvgIpc) is 3.31. The maximum Gasteiger partial charge on any atom is 0.335 e. The standard InChI is InChI=1S/C31H33N5O5/c1-34-13-15-36(16-14-34)18-27(38)35(2)24-10-8-23(9-11-24)32-29(21-5-3-20(19-37)4-6-21)28-25-17-22(31(40)41)7-12-26(25)33-30(28)39/h3-12,17,33,37,39H,13-16,18-19H2,1-2H3,(H,40,41). The minimum absolute atomic E-state index is 0.00779.